The number of hydrogen-bond acceptors (Lipinski definition) is 8. The van der Waals surface area contributed by atoms with Gasteiger partial charge in [0.15, 0.2) is 11.5 Å². The minimum Gasteiger partial charge on any atom is -0.493 e. The summed E-state index contributed by atoms with van der Waals surface area (Å²) in [5.41, 5.74) is 3.96. The molecule has 0 saturated carbocycles. The van der Waals surface area contributed by atoms with Gasteiger partial charge in [-0.1, -0.05) is 29.8 Å². The molecule has 172 valence electrons. The summed E-state index contributed by atoms with van der Waals surface area (Å²) in [4.78, 5) is 36.4. The number of aromatic nitrogens is 3. The van der Waals surface area contributed by atoms with Crippen LogP contribution in [0.25, 0.3) is 0 Å². The Morgan fingerprint density at radius 3 is 2.67 bits per heavy atom. The Bertz CT molecular complexity index is 1230. The number of aryl methyl sites for hydroxylation is 1. The number of carbonyl (C=O) groups excluding carboxylic acids is 1. The third-order valence-electron chi connectivity index (χ3n) is 4.46. The van der Waals surface area contributed by atoms with Gasteiger partial charge in [-0.15, -0.1) is 5.10 Å². The fourth-order valence-electron chi connectivity index (χ4n) is 2.73. The van der Waals surface area contributed by atoms with Gasteiger partial charge in [0.1, 0.15) is 6.61 Å². The molecule has 11 nitrogen and oxygen atoms in total. The van der Waals surface area contributed by atoms with Crippen molar-refractivity contribution in [2.24, 2.45) is 5.10 Å². The molecule has 33 heavy (non-hydrogen) atoms. The molecular formula is C22H24N6O5. The summed E-state index contributed by atoms with van der Waals surface area (Å²) in [6.45, 7) is 2.57. The predicted octanol–water partition coefficient (Wildman–Crippen LogP) is 1.31. The molecule has 0 spiro atoms. The molecule has 11 heteroatoms. The summed E-state index contributed by atoms with van der Waals surface area (Å²) in [6.07, 6.45) is 1.51. The molecule has 0 fully saturated rings. The molecule has 0 aliphatic heterocycles. The molecule has 0 bridgehead atoms. The van der Waals surface area contributed by atoms with E-state index >= 15 is 0 Å². The Morgan fingerprint density at radius 1 is 1.15 bits per heavy atom. The summed E-state index contributed by atoms with van der Waals surface area (Å²) in [5, 5.41) is 12.2. The van der Waals surface area contributed by atoms with Crippen molar-refractivity contribution in [3.63, 3.8) is 0 Å². The van der Waals surface area contributed by atoms with Crippen LogP contribution in [0.15, 0.2) is 57.2 Å². The monoisotopic (exact) mass is 452 g/mol. The smallest absolute Gasteiger partial charge is 0.342 e. The maximum Gasteiger partial charge on any atom is 0.342 e. The van der Waals surface area contributed by atoms with Crippen molar-refractivity contribution in [3.8, 4) is 11.5 Å². The van der Waals surface area contributed by atoms with Crippen LogP contribution in [0.2, 0.25) is 0 Å². The summed E-state index contributed by atoms with van der Waals surface area (Å²) >= 11 is 0. The second-order valence-electron chi connectivity index (χ2n) is 7.01. The zero-order chi connectivity index (χ0) is 23.6. The first kappa shape index (κ1) is 23.3. The van der Waals surface area contributed by atoms with Crippen LogP contribution in [0.1, 0.15) is 23.1 Å². The van der Waals surface area contributed by atoms with E-state index in [0.29, 0.717) is 23.7 Å². The normalized spacial score (nSPS) is 10.7. The van der Waals surface area contributed by atoms with Gasteiger partial charge in [-0.05, 0) is 36.2 Å². The first-order valence-electron chi connectivity index (χ1n) is 10.1. The Hall–Kier alpha value is -4.41. The Kier molecular flexibility index (Phi) is 7.95. The van der Waals surface area contributed by atoms with Crippen LogP contribution in [0.5, 0.6) is 11.5 Å². The van der Waals surface area contributed by atoms with Crippen molar-refractivity contribution in [2.75, 3.05) is 19.0 Å². The van der Waals surface area contributed by atoms with E-state index in [9.17, 15) is 14.4 Å². The van der Waals surface area contributed by atoms with Crippen molar-refractivity contribution < 1.29 is 14.3 Å². The Balaban J connectivity index is 1.48. The van der Waals surface area contributed by atoms with Crippen LogP contribution < -0.4 is 31.5 Å². The third kappa shape index (κ3) is 7.06. The molecule has 0 aliphatic rings. The molecule has 0 radical (unpaired) electrons. The number of hydrogen-bond donors (Lipinski definition) is 4. The lowest BCUT2D eigenvalue weighted by molar-refractivity contribution is -0.120. The second kappa shape index (κ2) is 11.3. The van der Waals surface area contributed by atoms with Crippen LogP contribution in [-0.4, -0.2) is 41.0 Å². The van der Waals surface area contributed by atoms with Crippen molar-refractivity contribution in [3.05, 3.63) is 80.0 Å². The van der Waals surface area contributed by atoms with Crippen LogP contribution in [0, 0.1) is 6.92 Å². The van der Waals surface area contributed by atoms with Gasteiger partial charge in [0.25, 0.3) is 5.56 Å². The lowest BCUT2D eigenvalue weighted by atomic mass is 10.2. The molecule has 2 aromatic carbocycles. The van der Waals surface area contributed by atoms with Gasteiger partial charge >= 0.3 is 5.69 Å². The highest BCUT2D eigenvalue weighted by molar-refractivity contribution is 5.83. The van der Waals surface area contributed by atoms with E-state index < -0.39 is 11.2 Å². The number of methoxy groups -OCH3 is 1. The maximum atomic E-state index is 11.9. The number of ether oxygens (including phenoxy) is 2. The van der Waals surface area contributed by atoms with Gasteiger partial charge in [0.05, 0.1) is 13.3 Å². The number of anilines is 1. The largest absolute Gasteiger partial charge is 0.493 e. The predicted molar refractivity (Wildman–Crippen MR) is 123 cm³/mol. The summed E-state index contributed by atoms with van der Waals surface area (Å²) in [6, 6.07) is 13.4. The van der Waals surface area contributed by atoms with E-state index in [1.54, 1.807) is 25.3 Å². The summed E-state index contributed by atoms with van der Waals surface area (Å²) in [7, 11) is 1.55. The number of H-pyrrole nitrogens is 2. The topological polar surface area (TPSA) is 151 Å². The quantitative estimate of drug-likeness (QED) is 0.267. The number of aromatic amines is 2. The van der Waals surface area contributed by atoms with E-state index in [2.05, 4.69) is 26.0 Å². The van der Waals surface area contributed by atoms with E-state index in [-0.39, 0.29) is 24.7 Å². The second-order valence-corrected chi connectivity index (χ2v) is 7.01. The molecule has 3 rings (SSSR count). The molecule has 1 aromatic heterocycles. The minimum absolute atomic E-state index is 0.0344. The number of carbonyl (C=O) groups is 1. The van der Waals surface area contributed by atoms with E-state index in [4.69, 9.17) is 9.47 Å². The van der Waals surface area contributed by atoms with Crippen LogP contribution in [-0.2, 0) is 11.4 Å². The van der Waals surface area contributed by atoms with Crippen molar-refractivity contribution in [1.82, 2.24) is 20.6 Å². The average Bonchev–Trinajstić information content (AvgIpc) is 2.80. The zero-order valence-corrected chi connectivity index (χ0v) is 18.2. The Labute approximate surface area is 188 Å². The SMILES string of the molecule is COc1cc(/C=N/NC(=O)CCNc2n[nH]c(=O)[nH]c2=O)ccc1OCc1ccc(C)cc1. The third-order valence-corrected chi connectivity index (χ3v) is 4.46. The van der Waals surface area contributed by atoms with Gasteiger partial charge < -0.3 is 14.8 Å². The van der Waals surface area contributed by atoms with E-state index in [0.717, 1.165) is 5.56 Å². The highest BCUT2D eigenvalue weighted by atomic mass is 16.5. The van der Waals surface area contributed by atoms with Crippen molar-refractivity contribution in [1.29, 1.82) is 0 Å². The zero-order valence-electron chi connectivity index (χ0n) is 18.2. The molecule has 1 amide bonds. The number of amides is 1. The average molecular weight is 452 g/mol. The first-order valence-corrected chi connectivity index (χ1v) is 10.1. The lowest BCUT2D eigenvalue weighted by Crippen LogP contribution is -2.28. The van der Waals surface area contributed by atoms with Crippen LogP contribution >= 0.6 is 0 Å². The molecule has 0 aliphatic carbocycles. The molecular weight excluding hydrogens is 428 g/mol. The first-order chi connectivity index (χ1) is 15.9. The van der Waals surface area contributed by atoms with Gasteiger partial charge in [0.2, 0.25) is 11.7 Å². The highest BCUT2D eigenvalue weighted by Crippen LogP contribution is 2.28. The molecule has 4 N–H and O–H groups in total. The Morgan fingerprint density at radius 2 is 1.94 bits per heavy atom. The van der Waals surface area contributed by atoms with Crippen molar-refractivity contribution >= 4 is 17.9 Å². The molecule has 3 aromatic rings. The fraction of sp³-hybridized carbons (Fsp3) is 0.227. The number of hydrazone groups is 1. The fourth-order valence-corrected chi connectivity index (χ4v) is 2.73. The molecule has 1 heterocycles. The maximum absolute atomic E-state index is 11.9. The summed E-state index contributed by atoms with van der Waals surface area (Å²) in [5.74, 6) is 0.684. The van der Waals surface area contributed by atoms with Gasteiger partial charge in [-0.3, -0.25) is 14.6 Å². The highest BCUT2D eigenvalue weighted by Gasteiger charge is 2.07. The summed E-state index contributed by atoms with van der Waals surface area (Å²) < 4.78 is 11.2. The van der Waals surface area contributed by atoms with Gasteiger partial charge in [-0.2, -0.15) is 5.10 Å². The van der Waals surface area contributed by atoms with Gasteiger partial charge in [-0.25, -0.2) is 15.3 Å². The van der Waals surface area contributed by atoms with Crippen LogP contribution in [0.4, 0.5) is 5.82 Å². The number of nitrogens with zero attached hydrogens (tertiary/aromatic N) is 2. The van der Waals surface area contributed by atoms with E-state index in [1.165, 1.54) is 11.8 Å². The van der Waals surface area contributed by atoms with Crippen molar-refractivity contribution in [2.45, 2.75) is 20.0 Å². The van der Waals surface area contributed by atoms with Crippen LogP contribution in [0.3, 0.4) is 0 Å². The molecule has 0 saturated heterocycles. The van der Waals surface area contributed by atoms with Gasteiger partial charge in [0, 0.05) is 13.0 Å². The number of rotatable bonds is 10. The number of benzene rings is 2. The van der Waals surface area contributed by atoms with E-state index in [1.807, 2.05) is 36.2 Å². The lowest BCUT2D eigenvalue weighted by Gasteiger charge is -2.11. The molecule has 0 atom stereocenters. The standard InChI is InChI=1S/C22H24N6O5/c1-14-3-5-15(6-4-14)13-33-17-8-7-16(11-18(17)32-2)12-24-26-19(29)9-10-23-20-21(30)25-22(31)28-27-20/h3-8,11-12H,9-10,13H2,1-2H3,(H,23,27)(H,26,29)(H2,25,28,30,31)/b24-12+. The number of nitrogens with one attached hydrogen (secondary N) is 4. The molecule has 0 unspecified atom stereocenters. The minimum atomic E-state index is -0.708.